The summed E-state index contributed by atoms with van der Waals surface area (Å²) in [5.41, 5.74) is 5.54. The summed E-state index contributed by atoms with van der Waals surface area (Å²) in [4.78, 5) is 13.2. The number of Topliss-reactive ketones (excluding diaryl/α,β-unsaturated/α-hetero) is 1. The number of carbonyl (C=O) groups is 1. The molecule has 132 valence electrons. The van der Waals surface area contributed by atoms with E-state index < -0.39 is 0 Å². The third kappa shape index (κ3) is 3.90. The van der Waals surface area contributed by atoms with Crippen LogP contribution in [0.25, 0.3) is 17.7 Å². The van der Waals surface area contributed by atoms with Gasteiger partial charge >= 0.3 is 0 Å². The molecule has 0 aromatic heterocycles. The van der Waals surface area contributed by atoms with E-state index in [1.54, 1.807) is 0 Å². The van der Waals surface area contributed by atoms with E-state index in [-0.39, 0.29) is 5.78 Å². The van der Waals surface area contributed by atoms with Crippen LogP contribution >= 0.6 is 23.2 Å². The molecule has 0 N–H and O–H groups in total. The van der Waals surface area contributed by atoms with E-state index >= 15 is 0 Å². The minimum atomic E-state index is 0.0543. The number of allylic oxidation sites excluding steroid dienone is 2. The van der Waals surface area contributed by atoms with Crippen molar-refractivity contribution < 1.29 is 4.79 Å². The molecule has 1 aliphatic carbocycles. The molecule has 0 saturated carbocycles. The van der Waals surface area contributed by atoms with Crippen LogP contribution in [0.2, 0.25) is 10.0 Å². The van der Waals surface area contributed by atoms with Crippen LogP contribution in [-0.2, 0) is 11.2 Å². The van der Waals surface area contributed by atoms with Crippen molar-refractivity contribution in [2.75, 3.05) is 0 Å². The first-order chi connectivity index (χ1) is 13.1. The number of rotatable bonds is 2. The van der Waals surface area contributed by atoms with Crippen molar-refractivity contribution in [3.8, 4) is 0 Å². The van der Waals surface area contributed by atoms with Gasteiger partial charge in [-0.15, -0.1) is 0 Å². The van der Waals surface area contributed by atoms with E-state index in [1.807, 2.05) is 78.9 Å². The number of fused-ring (bicyclic) bond motifs is 1. The van der Waals surface area contributed by atoms with Gasteiger partial charge in [-0.25, -0.2) is 0 Å². The van der Waals surface area contributed by atoms with Gasteiger partial charge in [-0.2, -0.15) is 0 Å². The largest absolute Gasteiger partial charge is 0.289 e. The summed E-state index contributed by atoms with van der Waals surface area (Å²) in [6, 6.07) is 23.1. The van der Waals surface area contributed by atoms with E-state index in [0.717, 1.165) is 27.8 Å². The van der Waals surface area contributed by atoms with Gasteiger partial charge in [0.1, 0.15) is 0 Å². The number of hydrogen-bond donors (Lipinski definition) is 0. The molecule has 27 heavy (non-hydrogen) atoms. The van der Waals surface area contributed by atoms with Crippen molar-refractivity contribution in [1.29, 1.82) is 0 Å². The van der Waals surface area contributed by atoms with E-state index in [9.17, 15) is 4.79 Å². The number of carbonyl (C=O) groups excluding carboxylic acids is 1. The summed E-state index contributed by atoms with van der Waals surface area (Å²) in [7, 11) is 0. The molecular formula is C24H16Cl2O. The van der Waals surface area contributed by atoms with Crippen molar-refractivity contribution >= 4 is 46.7 Å². The molecule has 0 aliphatic heterocycles. The SMILES string of the molecule is O=C1/C(=C/c2ccc(Cl)cc2)Cc2ccccc2/C1=C\c1ccc(Cl)cc1. The van der Waals surface area contributed by atoms with Crippen LogP contribution in [0.5, 0.6) is 0 Å². The standard InChI is InChI=1S/C24H16Cl2O/c25-20-9-5-16(6-10-20)13-19-15-18-3-1-2-4-22(18)23(24(19)27)14-17-7-11-21(26)12-8-17/h1-14H,15H2/b19-13+,23-14+. The highest BCUT2D eigenvalue weighted by Gasteiger charge is 2.25. The Bertz CT molecular complexity index is 1060. The first kappa shape index (κ1) is 17.8. The Balaban J connectivity index is 1.81. The van der Waals surface area contributed by atoms with Gasteiger partial charge in [-0.1, -0.05) is 71.7 Å². The van der Waals surface area contributed by atoms with Crippen LogP contribution < -0.4 is 0 Å². The van der Waals surface area contributed by atoms with Gasteiger partial charge in [0.2, 0.25) is 0 Å². The predicted molar refractivity (Wildman–Crippen MR) is 114 cm³/mol. The summed E-state index contributed by atoms with van der Waals surface area (Å²) in [5.74, 6) is 0.0543. The molecule has 0 amide bonds. The third-order valence-electron chi connectivity index (χ3n) is 4.62. The molecule has 0 atom stereocenters. The summed E-state index contributed by atoms with van der Waals surface area (Å²) < 4.78 is 0. The summed E-state index contributed by atoms with van der Waals surface area (Å²) in [6.45, 7) is 0. The van der Waals surface area contributed by atoms with Crippen LogP contribution in [-0.4, -0.2) is 5.78 Å². The quantitative estimate of drug-likeness (QED) is 0.442. The Hall–Kier alpha value is -2.61. The van der Waals surface area contributed by atoms with Crippen molar-refractivity contribution in [3.63, 3.8) is 0 Å². The zero-order chi connectivity index (χ0) is 18.8. The molecule has 0 heterocycles. The lowest BCUT2D eigenvalue weighted by atomic mass is 9.81. The Kier molecular flexibility index (Phi) is 4.98. The summed E-state index contributed by atoms with van der Waals surface area (Å²) in [5, 5.41) is 1.36. The molecular weight excluding hydrogens is 375 g/mol. The molecule has 0 saturated heterocycles. The Morgan fingerprint density at radius 2 is 1.26 bits per heavy atom. The van der Waals surface area contributed by atoms with Gasteiger partial charge in [0.15, 0.2) is 5.78 Å². The minimum Gasteiger partial charge on any atom is -0.289 e. The van der Waals surface area contributed by atoms with Crippen LogP contribution in [0.1, 0.15) is 22.3 Å². The fraction of sp³-hybridized carbons (Fsp3) is 0.0417. The number of ketones is 1. The number of halogens is 2. The molecule has 1 aliphatic rings. The average Bonchev–Trinajstić information content (AvgIpc) is 2.68. The monoisotopic (exact) mass is 390 g/mol. The van der Waals surface area contributed by atoms with Gasteiger partial charge in [0.05, 0.1) is 0 Å². The molecule has 3 aromatic rings. The zero-order valence-corrected chi connectivity index (χ0v) is 16.0. The molecule has 3 aromatic carbocycles. The Morgan fingerprint density at radius 3 is 1.89 bits per heavy atom. The Labute approximate surface area is 168 Å². The van der Waals surface area contributed by atoms with Gasteiger partial charge in [0.25, 0.3) is 0 Å². The highest BCUT2D eigenvalue weighted by Crippen LogP contribution is 2.33. The highest BCUT2D eigenvalue weighted by molar-refractivity contribution is 6.35. The maximum atomic E-state index is 13.2. The normalized spacial score (nSPS) is 16.6. The van der Waals surface area contributed by atoms with E-state index in [1.165, 1.54) is 0 Å². The van der Waals surface area contributed by atoms with Crippen LogP contribution in [0.3, 0.4) is 0 Å². The number of hydrogen-bond acceptors (Lipinski definition) is 1. The first-order valence-electron chi connectivity index (χ1n) is 8.66. The molecule has 1 nitrogen and oxygen atoms in total. The predicted octanol–water partition coefficient (Wildman–Crippen LogP) is 6.74. The summed E-state index contributed by atoms with van der Waals surface area (Å²) in [6.07, 6.45) is 4.51. The summed E-state index contributed by atoms with van der Waals surface area (Å²) >= 11 is 12.0. The molecule has 0 unspecified atom stereocenters. The minimum absolute atomic E-state index is 0.0543. The van der Waals surface area contributed by atoms with Crippen molar-refractivity contribution in [2.45, 2.75) is 6.42 Å². The Morgan fingerprint density at radius 1 is 0.704 bits per heavy atom. The number of benzene rings is 3. The smallest absolute Gasteiger partial charge is 0.189 e. The second kappa shape index (κ2) is 7.56. The fourth-order valence-electron chi connectivity index (χ4n) is 3.26. The van der Waals surface area contributed by atoms with Crippen molar-refractivity contribution in [2.24, 2.45) is 0 Å². The van der Waals surface area contributed by atoms with Gasteiger partial charge < -0.3 is 0 Å². The lowest BCUT2D eigenvalue weighted by Crippen LogP contribution is -2.15. The second-order valence-electron chi connectivity index (χ2n) is 6.49. The zero-order valence-electron chi connectivity index (χ0n) is 14.5. The maximum Gasteiger partial charge on any atom is 0.189 e. The molecule has 3 heteroatoms. The van der Waals surface area contributed by atoms with Gasteiger partial charge in [-0.3, -0.25) is 4.79 Å². The maximum absolute atomic E-state index is 13.2. The first-order valence-corrected chi connectivity index (χ1v) is 9.42. The average molecular weight is 391 g/mol. The molecule has 0 bridgehead atoms. The molecule has 0 radical (unpaired) electrons. The van der Waals surface area contributed by atoms with E-state index in [0.29, 0.717) is 22.0 Å². The van der Waals surface area contributed by atoms with E-state index in [2.05, 4.69) is 6.07 Å². The molecule has 4 rings (SSSR count). The topological polar surface area (TPSA) is 17.1 Å². The van der Waals surface area contributed by atoms with Crippen molar-refractivity contribution in [3.05, 3.63) is 111 Å². The second-order valence-corrected chi connectivity index (χ2v) is 7.37. The van der Waals surface area contributed by atoms with Gasteiger partial charge in [0, 0.05) is 27.6 Å². The lowest BCUT2D eigenvalue weighted by molar-refractivity contribution is -0.110. The van der Waals surface area contributed by atoms with Crippen LogP contribution in [0.4, 0.5) is 0 Å². The lowest BCUT2D eigenvalue weighted by Gasteiger charge is -2.21. The van der Waals surface area contributed by atoms with Crippen LogP contribution in [0.15, 0.2) is 78.4 Å². The fourth-order valence-corrected chi connectivity index (χ4v) is 3.52. The van der Waals surface area contributed by atoms with Crippen LogP contribution in [0, 0.1) is 0 Å². The third-order valence-corrected chi connectivity index (χ3v) is 5.12. The van der Waals surface area contributed by atoms with E-state index in [4.69, 9.17) is 23.2 Å². The van der Waals surface area contributed by atoms with Crippen molar-refractivity contribution in [1.82, 2.24) is 0 Å². The molecule has 0 spiro atoms. The van der Waals surface area contributed by atoms with Gasteiger partial charge in [-0.05, 0) is 58.7 Å². The highest BCUT2D eigenvalue weighted by atomic mass is 35.5. The molecule has 0 fully saturated rings.